The van der Waals surface area contributed by atoms with Crippen molar-refractivity contribution in [1.82, 2.24) is 31.5 Å². The summed E-state index contributed by atoms with van der Waals surface area (Å²) in [4.78, 5) is 98.2. The molecule has 1 fully saturated rings. The highest BCUT2D eigenvalue weighted by atomic mass is 16.3. The molecule has 17 heteroatoms. The molecule has 2 heterocycles. The van der Waals surface area contributed by atoms with Gasteiger partial charge in [0.25, 0.3) is 5.91 Å². The van der Waals surface area contributed by atoms with Crippen LogP contribution in [0.25, 0.3) is 0 Å². The SMILES string of the molecule is NC(N)=NCCCC1NC(=O)[C@@H]2CCCN2C(=O)[C@@H](NC=O)CNC(=O)/C=C/C(Cc2ccc(O)cc2)NC(=O)[C@@H](Cc2ccccc2)NC(=O)C1=O. The minimum atomic E-state index is -1.37. The van der Waals surface area contributed by atoms with Crippen LogP contribution in [-0.2, 0) is 46.4 Å². The molecule has 1 saturated heterocycles. The molecule has 4 rings (SSSR count). The Morgan fingerprint density at radius 2 is 1.62 bits per heavy atom. The summed E-state index contributed by atoms with van der Waals surface area (Å²) in [7, 11) is 0. The molecule has 2 aliphatic heterocycles. The largest absolute Gasteiger partial charge is 0.508 e. The second kappa shape index (κ2) is 19.4. The molecule has 0 bridgehead atoms. The fraction of sp³-hybridized carbons (Fsp3) is 0.389. The number of nitrogens with one attached hydrogen (secondary N) is 5. The number of rotatable bonds is 10. The third-order valence-corrected chi connectivity index (χ3v) is 8.79. The van der Waals surface area contributed by atoms with E-state index in [1.165, 1.54) is 23.1 Å². The molecule has 2 aromatic carbocycles. The lowest BCUT2D eigenvalue weighted by molar-refractivity contribution is -0.143. The van der Waals surface area contributed by atoms with Crippen molar-refractivity contribution in [2.24, 2.45) is 16.5 Å². The first-order valence-corrected chi connectivity index (χ1v) is 17.2. The van der Waals surface area contributed by atoms with Crippen LogP contribution in [0, 0.1) is 0 Å². The summed E-state index contributed by atoms with van der Waals surface area (Å²) < 4.78 is 0. The second-order valence-electron chi connectivity index (χ2n) is 12.7. The molecule has 0 aliphatic carbocycles. The van der Waals surface area contributed by atoms with Crippen LogP contribution in [0.5, 0.6) is 5.75 Å². The molecule has 2 aromatic rings. The molecule has 0 aromatic heterocycles. The highest BCUT2D eigenvalue weighted by Crippen LogP contribution is 2.20. The quantitative estimate of drug-likeness (QED) is 0.0440. The standard InChI is InChI=1S/C36H45N9O8/c37-36(38)39-16-4-8-26-31(49)34(52)44-27(19-22-6-2-1-3-7-22)32(50)42-24(18-23-10-13-25(47)14-11-23)12-15-30(48)40-20-28(41-21-46)35(53)45-17-5-9-29(45)33(51)43-26/h1-3,6-7,10-15,21,24,26-29,47H,4-5,8-9,16-20H2,(H,40,48)(H,41,46)(H,42,50)(H,43,51)(H,44,52)(H4,37,38,39)/b15-12+/t24?,26?,27-,28+,29+/m1/s1. The molecule has 53 heavy (non-hydrogen) atoms. The molecule has 17 nitrogen and oxygen atoms in total. The van der Waals surface area contributed by atoms with E-state index in [0.29, 0.717) is 24.0 Å². The van der Waals surface area contributed by atoms with Crippen molar-refractivity contribution in [3.8, 4) is 5.75 Å². The van der Waals surface area contributed by atoms with Crippen LogP contribution in [-0.4, -0.2) is 108 Å². The van der Waals surface area contributed by atoms with Crippen LogP contribution >= 0.6 is 0 Å². The lowest BCUT2D eigenvalue weighted by Crippen LogP contribution is -2.58. The molecular formula is C36H45N9O8. The second-order valence-corrected chi connectivity index (χ2v) is 12.7. The zero-order valence-electron chi connectivity index (χ0n) is 29.0. The third kappa shape index (κ3) is 11.9. The molecule has 282 valence electrons. The maximum absolute atomic E-state index is 13.9. The molecule has 10 N–H and O–H groups in total. The number of nitrogens with zero attached hydrogens (tertiary/aromatic N) is 2. The average Bonchev–Trinajstić information content (AvgIpc) is 3.64. The lowest BCUT2D eigenvalue weighted by Gasteiger charge is -2.29. The Balaban J connectivity index is 1.71. The van der Waals surface area contributed by atoms with Crippen molar-refractivity contribution in [2.45, 2.75) is 68.7 Å². The molecule has 0 radical (unpaired) electrons. The summed E-state index contributed by atoms with van der Waals surface area (Å²) in [5, 5.41) is 22.7. The Kier molecular flexibility index (Phi) is 14.4. The maximum Gasteiger partial charge on any atom is 0.290 e. The van der Waals surface area contributed by atoms with Crippen LogP contribution < -0.4 is 38.1 Å². The van der Waals surface area contributed by atoms with Crippen LogP contribution in [0.4, 0.5) is 0 Å². The van der Waals surface area contributed by atoms with E-state index >= 15 is 0 Å². The van der Waals surface area contributed by atoms with Gasteiger partial charge in [-0.15, -0.1) is 0 Å². The lowest BCUT2D eigenvalue weighted by atomic mass is 10.0. The van der Waals surface area contributed by atoms with Crippen LogP contribution in [0.15, 0.2) is 71.7 Å². The van der Waals surface area contributed by atoms with E-state index in [1.807, 2.05) is 0 Å². The molecule has 5 atom stereocenters. The van der Waals surface area contributed by atoms with E-state index in [1.54, 1.807) is 42.5 Å². The first-order valence-electron chi connectivity index (χ1n) is 17.2. The maximum atomic E-state index is 13.9. The number of aliphatic imine (C=N–C) groups is 1. The van der Waals surface area contributed by atoms with Crippen LogP contribution in [0.1, 0.15) is 36.8 Å². The highest BCUT2D eigenvalue weighted by molar-refractivity contribution is 6.38. The van der Waals surface area contributed by atoms with Gasteiger partial charge in [0.2, 0.25) is 35.8 Å². The summed E-state index contributed by atoms with van der Waals surface area (Å²) in [6, 6.07) is 9.29. The van der Waals surface area contributed by atoms with Crippen molar-refractivity contribution in [3.05, 3.63) is 77.9 Å². The number of amides is 6. The molecule has 6 amide bonds. The van der Waals surface area contributed by atoms with E-state index in [-0.39, 0.29) is 63.4 Å². The number of guanidine groups is 1. The number of benzene rings is 2. The zero-order valence-corrected chi connectivity index (χ0v) is 29.0. The Morgan fingerprint density at radius 1 is 0.906 bits per heavy atom. The van der Waals surface area contributed by atoms with E-state index in [2.05, 4.69) is 31.6 Å². The number of fused-ring (bicyclic) bond motifs is 1. The number of ketones is 1. The van der Waals surface area contributed by atoms with Crippen LogP contribution in [0.2, 0.25) is 0 Å². The number of phenolic OH excluding ortho intramolecular Hbond substituents is 1. The van der Waals surface area contributed by atoms with Crippen LogP contribution in [0.3, 0.4) is 0 Å². The van der Waals surface area contributed by atoms with E-state index in [9.17, 15) is 38.7 Å². The third-order valence-electron chi connectivity index (χ3n) is 8.79. The van der Waals surface area contributed by atoms with E-state index in [0.717, 1.165) is 6.08 Å². The van der Waals surface area contributed by atoms with Crippen molar-refractivity contribution >= 4 is 47.7 Å². The summed E-state index contributed by atoms with van der Waals surface area (Å²) in [5.74, 6) is -4.95. The Bertz CT molecular complexity index is 1700. The van der Waals surface area contributed by atoms with Gasteiger partial charge in [0, 0.05) is 32.1 Å². The predicted octanol–water partition coefficient (Wildman–Crippen LogP) is -1.95. The number of phenols is 1. The van der Waals surface area contributed by atoms with Gasteiger partial charge in [-0.25, -0.2) is 0 Å². The molecule has 2 unspecified atom stereocenters. The monoisotopic (exact) mass is 731 g/mol. The van der Waals surface area contributed by atoms with Gasteiger partial charge in [-0.1, -0.05) is 48.5 Å². The topological polar surface area (TPSA) is 268 Å². The Hall–Kier alpha value is -6.26. The first kappa shape index (κ1) is 39.5. The summed E-state index contributed by atoms with van der Waals surface area (Å²) >= 11 is 0. The number of carbonyl (C=O) groups excluding carboxylic acids is 7. The fourth-order valence-electron chi connectivity index (χ4n) is 6.09. The van der Waals surface area contributed by atoms with E-state index in [4.69, 9.17) is 11.5 Å². The fourth-order valence-corrected chi connectivity index (χ4v) is 6.09. The molecule has 0 saturated carbocycles. The number of Topliss-reactive ketones (excluding diaryl/α,β-unsaturated/α-hetero) is 1. The summed E-state index contributed by atoms with van der Waals surface area (Å²) in [6.07, 6.45) is 3.88. The Labute approximate surface area is 306 Å². The number of carbonyl (C=O) groups is 7. The average molecular weight is 732 g/mol. The van der Waals surface area contributed by atoms with Gasteiger partial charge < -0.3 is 48.1 Å². The van der Waals surface area contributed by atoms with Gasteiger partial charge in [-0.3, -0.25) is 38.6 Å². The normalized spacial score (nSPS) is 23.8. The number of aromatic hydroxyl groups is 1. The van der Waals surface area contributed by atoms with Gasteiger partial charge in [0.15, 0.2) is 5.96 Å². The van der Waals surface area contributed by atoms with Crippen molar-refractivity contribution in [1.29, 1.82) is 0 Å². The number of nitrogens with two attached hydrogens (primary N) is 2. The van der Waals surface area contributed by atoms with Gasteiger partial charge >= 0.3 is 0 Å². The minimum absolute atomic E-state index is 0.00634. The van der Waals surface area contributed by atoms with Gasteiger partial charge in [-0.05, 0) is 55.4 Å². The zero-order chi connectivity index (χ0) is 38.3. The molecule has 2 aliphatic rings. The Morgan fingerprint density at radius 3 is 2.32 bits per heavy atom. The van der Waals surface area contributed by atoms with E-state index < -0.39 is 65.5 Å². The molecule has 0 spiro atoms. The van der Waals surface area contributed by atoms with Gasteiger partial charge in [-0.2, -0.15) is 0 Å². The van der Waals surface area contributed by atoms with Crippen molar-refractivity contribution in [2.75, 3.05) is 19.6 Å². The molecular weight excluding hydrogens is 686 g/mol. The van der Waals surface area contributed by atoms with Crippen molar-refractivity contribution in [3.63, 3.8) is 0 Å². The van der Waals surface area contributed by atoms with Gasteiger partial charge in [0.1, 0.15) is 23.9 Å². The number of hydrogen-bond acceptors (Lipinski definition) is 9. The minimum Gasteiger partial charge on any atom is -0.508 e. The predicted molar refractivity (Wildman–Crippen MR) is 193 cm³/mol. The summed E-state index contributed by atoms with van der Waals surface area (Å²) in [6.45, 7) is -0.0548. The number of hydrogen-bond donors (Lipinski definition) is 8. The summed E-state index contributed by atoms with van der Waals surface area (Å²) in [5.41, 5.74) is 12.2. The highest BCUT2D eigenvalue weighted by Gasteiger charge is 2.39. The first-order chi connectivity index (χ1) is 25.4. The van der Waals surface area contributed by atoms with Gasteiger partial charge in [0.05, 0.1) is 12.1 Å². The smallest absolute Gasteiger partial charge is 0.290 e. The van der Waals surface area contributed by atoms with Crippen molar-refractivity contribution < 1.29 is 38.7 Å².